The minimum absolute atomic E-state index is 0.0269. The molecule has 1 aromatic heterocycles. The molecule has 3 rings (SSSR count). The monoisotopic (exact) mass is 285 g/mol. The van der Waals surface area contributed by atoms with Crippen LogP contribution < -0.4 is 0 Å². The molecule has 2 aromatic carbocycles. The maximum Gasteiger partial charge on any atom is 0.195 e. The fourth-order valence-corrected chi connectivity index (χ4v) is 3.00. The number of carbonyl (C=O) groups excluding carboxylic acids is 1. The zero-order valence-corrected chi connectivity index (χ0v) is 11.7. The van der Waals surface area contributed by atoms with E-state index in [-0.39, 0.29) is 18.0 Å². The Bertz CT molecular complexity index is 761. The molecule has 0 spiro atoms. The summed E-state index contributed by atoms with van der Waals surface area (Å²) in [5.41, 5.74) is 2.48. The van der Waals surface area contributed by atoms with Gasteiger partial charge in [0.1, 0.15) is 5.82 Å². The number of carbonyl (C=O) groups is 1. The zero-order chi connectivity index (χ0) is 14.1. The van der Waals surface area contributed by atoms with Gasteiger partial charge >= 0.3 is 0 Å². The van der Waals surface area contributed by atoms with Crippen LogP contribution in [0.3, 0.4) is 0 Å². The normalized spacial score (nSPS) is 10.9. The molecule has 0 bridgehead atoms. The van der Waals surface area contributed by atoms with Crippen molar-refractivity contribution in [3.63, 3.8) is 0 Å². The average Bonchev–Trinajstić information content (AvgIpc) is 2.86. The Labute approximate surface area is 119 Å². The van der Waals surface area contributed by atoms with E-state index in [0.717, 1.165) is 21.3 Å². The first-order valence-corrected chi connectivity index (χ1v) is 7.09. The summed E-state index contributed by atoms with van der Waals surface area (Å²) in [5.74, 6) is -0.306. The van der Waals surface area contributed by atoms with Crippen molar-refractivity contribution in [2.24, 2.45) is 0 Å². The number of ketones is 1. The molecule has 3 aromatic rings. The second kappa shape index (κ2) is 5.13. The summed E-state index contributed by atoms with van der Waals surface area (Å²) in [7, 11) is 0. The molecule has 20 heavy (non-hydrogen) atoms. The van der Waals surface area contributed by atoms with Gasteiger partial charge in [0.15, 0.2) is 10.8 Å². The third kappa shape index (κ3) is 2.47. The highest BCUT2D eigenvalue weighted by molar-refractivity contribution is 7.20. The first-order chi connectivity index (χ1) is 9.63. The summed E-state index contributed by atoms with van der Waals surface area (Å²) >= 11 is 1.40. The highest BCUT2D eigenvalue weighted by atomic mass is 32.1. The summed E-state index contributed by atoms with van der Waals surface area (Å²) in [6.07, 6.45) is 0.256. The van der Waals surface area contributed by atoms with Crippen molar-refractivity contribution in [2.75, 3.05) is 0 Å². The number of hydrogen-bond acceptors (Lipinski definition) is 3. The SMILES string of the molecule is Cc1cc(F)ccc1CC(=O)c1nc2ccccc2s1. The van der Waals surface area contributed by atoms with E-state index in [0.29, 0.717) is 5.01 Å². The number of thiazole rings is 1. The molecule has 0 radical (unpaired) electrons. The van der Waals surface area contributed by atoms with Crippen molar-refractivity contribution < 1.29 is 9.18 Å². The molecule has 0 amide bonds. The summed E-state index contributed by atoms with van der Waals surface area (Å²) in [6, 6.07) is 12.2. The van der Waals surface area contributed by atoms with E-state index in [1.54, 1.807) is 6.07 Å². The van der Waals surface area contributed by atoms with Gasteiger partial charge in [-0.05, 0) is 42.3 Å². The summed E-state index contributed by atoms with van der Waals surface area (Å²) in [4.78, 5) is 16.6. The van der Waals surface area contributed by atoms with Gasteiger partial charge in [0.2, 0.25) is 0 Å². The lowest BCUT2D eigenvalue weighted by molar-refractivity contribution is 0.0992. The van der Waals surface area contributed by atoms with Gasteiger partial charge in [-0.1, -0.05) is 18.2 Å². The van der Waals surface area contributed by atoms with Crippen molar-refractivity contribution in [3.8, 4) is 0 Å². The maximum absolute atomic E-state index is 13.1. The Kier molecular flexibility index (Phi) is 3.32. The molecule has 0 saturated heterocycles. The van der Waals surface area contributed by atoms with Crippen LogP contribution in [0.1, 0.15) is 20.9 Å². The fourth-order valence-electron chi connectivity index (χ4n) is 2.10. The lowest BCUT2D eigenvalue weighted by Gasteiger charge is -2.03. The predicted molar refractivity (Wildman–Crippen MR) is 78.8 cm³/mol. The number of hydrogen-bond donors (Lipinski definition) is 0. The van der Waals surface area contributed by atoms with Crippen LogP contribution in [0.5, 0.6) is 0 Å². The maximum atomic E-state index is 13.1. The molecule has 4 heteroatoms. The van der Waals surface area contributed by atoms with Crippen molar-refractivity contribution in [1.29, 1.82) is 0 Å². The topological polar surface area (TPSA) is 30.0 Å². The second-order valence-corrected chi connectivity index (χ2v) is 5.69. The van der Waals surface area contributed by atoms with E-state index in [1.807, 2.05) is 31.2 Å². The van der Waals surface area contributed by atoms with E-state index < -0.39 is 0 Å². The average molecular weight is 285 g/mol. The zero-order valence-electron chi connectivity index (χ0n) is 10.9. The van der Waals surface area contributed by atoms with E-state index in [4.69, 9.17) is 0 Å². The number of nitrogens with zero attached hydrogens (tertiary/aromatic N) is 1. The van der Waals surface area contributed by atoms with Gasteiger partial charge in [-0.25, -0.2) is 9.37 Å². The van der Waals surface area contributed by atoms with Gasteiger partial charge in [-0.15, -0.1) is 11.3 Å². The highest BCUT2D eigenvalue weighted by Gasteiger charge is 2.14. The van der Waals surface area contributed by atoms with Gasteiger partial charge in [0.05, 0.1) is 10.2 Å². The van der Waals surface area contributed by atoms with Crippen LogP contribution in [0.4, 0.5) is 4.39 Å². The lowest BCUT2D eigenvalue weighted by atomic mass is 10.0. The Hall–Kier alpha value is -2.07. The Balaban J connectivity index is 1.89. The van der Waals surface area contributed by atoms with Gasteiger partial charge in [-0.3, -0.25) is 4.79 Å². The van der Waals surface area contributed by atoms with Crippen LogP contribution in [-0.4, -0.2) is 10.8 Å². The van der Waals surface area contributed by atoms with Gasteiger partial charge in [0, 0.05) is 6.42 Å². The molecule has 0 unspecified atom stereocenters. The van der Waals surface area contributed by atoms with E-state index >= 15 is 0 Å². The quantitative estimate of drug-likeness (QED) is 0.676. The number of aromatic nitrogens is 1. The second-order valence-electron chi connectivity index (χ2n) is 4.66. The van der Waals surface area contributed by atoms with E-state index in [1.165, 1.54) is 23.5 Å². The number of aryl methyl sites for hydroxylation is 1. The van der Waals surface area contributed by atoms with Crippen LogP contribution >= 0.6 is 11.3 Å². The number of Topliss-reactive ketones (excluding diaryl/α,β-unsaturated/α-hetero) is 1. The number of benzene rings is 2. The lowest BCUT2D eigenvalue weighted by Crippen LogP contribution is -2.04. The van der Waals surface area contributed by atoms with Crippen LogP contribution in [0.25, 0.3) is 10.2 Å². The molecule has 1 heterocycles. The first kappa shape index (κ1) is 12.9. The Morgan fingerprint density at radius 3 is 2.80 bits per heavy atom. The third-order valence-corrected chi connectivity index (χ3v) is 4.27. The predicted octanol–water partition coefficient (Wildman–Crippen LogP) is 4.17. The summed E-state index contributed by atoms with van der Waals surface area (Å²) < 4.78 is 14.1. The highest BCUT2D eigenvalue weighted by Crippen LogP contribution is 2.23. The standard InChI is InChI=1S/C16H12FNOS/c1-10-8-12(17)7-6-11(10)9-14(19)16-18-13-4-2-3-5-15(13)20-16/h2-8H,9H2,1H3. The number of rotatable bonds is 3. The molecule has 0 aliphatic rings. The third-order valence-electron chi connectivity index (χ3n) is 3.19. The van der Waals surface area contributed by atoms with Crippen molar-refractivity contribution in [2.45, 2.75) is 13.3 Å². The molecule has 0 N–H and O–H groups in total. The van der Waals surface area contributed by atoms with Crippen LogP contribution in [0, 0.1) is 12.7 Å². The fraction of sp³-hybridized carbons (Fsp3) is 0.125. The Morgan fingerprint density at radius 2 is 2.05 bits per heavy atom. The molecule has 0 aliphatic heterocycles. The minimum atomic E-state index is -0.279. The summed E-state index contributed by atoms with van der Waals surface area (Å²) in [6.45, 7) is 1.81. The van der Waals surface area contributed by atoms with Crippen LogP contribution in [0.15, 0.2) is 42.5 Å². The molecule has 0 fully saturated rings. The first-order valence-electron chi connectivity index (χ1n) is 6.27. The molecule has 0 saturated carbocycles. The van der Waals surface area contributed by atoms with Crippen LogP contribution in [-0.2, 0) is 6.42 Å². The number of fused-ring (bicyclic) bond motifs is 1. The number of para-hydroxylation sites is 1. The van der Waals surface area contributed by atoms with Gasteiger partial charge in [0.25, 0.3) is 0 Å². The van der Waals surface area contributed by atoms with Crippen molar-refractivity contribution >= 4 is 27.3 Å². The molecule has 2 nitrogen and oxygen atoms in total. The molecular formula is C16H12FNOS. The van der Waals surface area contributed by atoms with Crippen molar-refractivity contribution in [3.05, 3.63) is 64.4 Å². The largest absolute Gasteiger partial charge is 0.291 e. The molecule has 100 valence electrons. The van der Waals surface area contributed by atoms with Gasteiger partial charge < -0.3 is 0 Å². The Morgan fingerprint density at radius 1 is 1.25 bits per heavy atom. The number of halogens is 1. The smallest absolute Gasteiger partial charge is 0.195 e. The molecular weight excluding hydrogens is 273 g/mol. The van der Waals surface area contributed by atoms with E-state index in [9.17, 15) is 9.18 Å². The van der Waals surface area contributed by atoms with E-state index in [2.05, 4.69) is 4.98 Å². The minimum Gasteiger partial charge on any atom is -0.291 e. The molecule has 0 atom stereocenters. The van der Waals surface area contributed by atoms with Crippen molar-refractivity contribution in [1.82, 2.24) is 4.98 Å². The summed E-state index contributed by atoms with van der Waals surface area (Å²) in [5, 5.41) is 0.509. The van der Waals surface area contributed by atoms with Crippen LogP contribution in [0.2, 0.25) is 0 Å². The molecule has 0 aliphatic carbocycles. The van der Waals surface area contributed by atoms with Gasteiger partial charge in [-0.2, -0.15) is 0 Å².